The van der Waals surface area contributed by atoms with E-state index in [4.69, 9.17) is 10.00 Å². The molecule has 2 aromatic carbocycles. The summed E-state index contributed by atoms with van der Waals surface area (Å²) < 4.78 is 5.68. The van der Waals surface area contributed by atoms with E-state index < -0.39 is 0 Å². The second-order valence-corrected chi connectivity index (χ2v) is 4.81. The van der Waals surface area contributed by atoms with Gasteiger partial charge in [-0.25, -0.2) is 0 Å². The Kier molecular flexibility index (Phi) is 7.68. The molecule has 0 fully saturated rings. The predicted octanol–water partition coefficient (Wildman–Crippen LogP) is 5.12. The standard InChI is InChI=1S/C16H15NO.C3H8/c1-2-13-4-3-5-15(10-13)12-18-16-8-6-14(11-17)7-9-16;1-3-2/h3-10H,2,12H2,1H3;3H2,1-2H3. The molecular formula is C19H23NO. The molecule has 0 radical (unpaired) electrons. The lowest BCUT2D eigenvalue weighted by atomic mass is 10.1. The Morgan fingerprint density at radius 2 is 1.57 bits per heavy atom. The summed E-state index contributed by atoms with van der Waals surface area (Å²) in [4.78, 5) is 0. The number of benzene rings is 2. The molecule has 110 valence electrons. The van der Waals surface area contributed by atoms with E-state index in [0.29, 0.717) is 12.2 Å². The summed E-state index contributed by atoms with van der Waals surface area (Å²) in [6.07, 6.45) is 2.28. The molecule has 0 spiro atoms. The van der Waals surface area contributed by atoms with E-state index in [-0.39, 0.29) is 0 Å². The van der Waals surface area contributed by atoms with Gasteiger partial charge in [0.2, 0.25) is 0 Å². The van der Waals surface area contributed by atoms with Gasteiger partial charge in [-0.1, -0.05) is 51.5 Å². The minimum Gasteiger partial charge on any atom is -0.489 e. The Labute approximate surface area is 128 Å². The Morgan fingerprint density at radius 1 is 0.952 bits per heavy atom. The zero-order valence-electron chi connectivity index (χ0n) is 13.1. The Bertz CT molecular complexity index is 567. The van der Waals surface area contributed by atoms with Crippen LogP contribution in [-0.4, -0.2) is 0 Å². The van der Waals surface area contributed by atoms with Crippen molar-refractivity contribution in [2.75, 3.05) is 0 Å². The lowest BCUT2D eigenvalue weighted by molar-refractivity contribution is 0.306. The molecule has 0 aliphatic rings. The molecule has 0 heterocycles. The van der Waals surface area contributed by atoms with Crippen LogP contribution in [0.2, 0.25) is 0 Å². The maximum atomic E-state index is 8.70. The van der Waals surface area contributed by atoms with E-state index in [9.17, 15) is 0 Å². The Balaban J connectivity index is 0.000000677. The van der Waals surface area contributed by atoms with Gasteiger partial charge in [0, 0.05) is 0 Å². The highest BCUT2D eigenvalue weighted by atomic mass is 16.5. The minimum atomic E-state index is 0.555. The summed E-state index contributed by atoms with van der Waals surface area (Å²) in [7, 11) is 0. The molecule has 0 saturated heterocycles. The van der Waals surface area contributed by atoms with Gasteiger partial charge in [-0.15, -0.1) is 0 Å². The van der Waals surface area contributed by atoms with E-state index in [1.54, 1.807) is 12.1 Å². The molecule has 0 N–H and O–H groups in total. The normalized spacial score (nSPS) is 9.24. The maximum Gasteiger partial charge on any atom is 0.119 e. The highest BCUT2D eigenvalue weighted by Gasteiger charge is 1.98. The summed E-state index contributed by atoms with van der Waals surface area (Å²) in [6.45, 7) is 6.94. The fourth-order valence-corrected chi connectivity index (χ4v) is 1.73. The molecule has 0 aliphatic heterocycles. The zero-order chi connectivity index (χ0) is 15.5. The van der Waals surface area contributed by atoms with E-state index >= 15 is 0 Å². The Hall–Kier alpha value is -2.27. The van der Waals surface area contributed by atoms with Gasteiger partial charge in [0.05, 0.1) is 11.6 Å². The number of hydrogen-bond acceptors (Lipinski definition) is 2. The quantitative estimate of drug-likeness (QED) is 0.779. The van der Waals surface area contributed by atoms with Gasteiger partial charge in [0.25, 0.3) is 0 Å². The topological polar surface area (TPSA) is 33.0 Å². The third-order valence-corrected chi connectivity index (χ3v) is 2.79. The number of nitrogens with zero attached hydrogens (tertiary/aromatic N) is 1. The first kappa shape index (κ1) is 16.8. The van der Waals surface area contributed by atoms with Gasteiger partial charge in [-0.3, -0.25) is 0 Å². The van der Waals surface area contributed by atoms with E-state index in [0.717, 1.165) is 12.2 Å². The summed E-state index contributed by atoms with van der Waals surface area (Å²) in [6, 6.07) is 17.6. The van der Waals surface area contributed by atoms with Crippen LogP contribution in [0.3, 0.4) is 0 Å². The molecule has 0 bridgehead atoms. The molecule has 2 nitrogen and oxygen atoms in total. The smallest absolute Gasteiger partial charge is 0.119 e. The van der Waals surface area contributed by atoms with Gasteiger partial charge in [0.15, 0.2) is 0 Å². The molecular weight excluding hydrogens is 258 g/mol. The lowest BCUT2D eigenvalue weighted by Gasteiger charge is -2.07. The van der Waals surface area contributed by atoms with Crippen molar-refractivity contribution in [3.8, 4) is 11.8 Å². The van der Waals surface area contributed by atoms with Crippen molar-refractivity contribution in [3.63, 3.8) is 0 Å². The average molecular weight is 281 g/mol. The van der Waals surface area contributed by atoms with Gasteiger partial charge in [0.1, 0.15) is 12.4 Å². The predicted molar refractivity (Wildman–Crippen MR) is 87.3 cm³/mol. The number of ether oxygens (including phenoxy) is 1. The molecule has 0 saturated carbocycles. The fraction of sp³-hybridized carbons (Fsp3) is 0.316. The first-order valence-corrected chi connectivity index (χ1v) is 7.44. The molecule has 0 aromatic heterocycles. The van der Waals surface area contributed by atoms with E-state index in [1.165, 1.54) is 17.5 Å². The Morgan fingerprint density at radius 3 is 2.14 bits per heavy atom. The fourth-order valence-electron chi connectivity index (χ4n) is 1.73. The summed E-state index contributed by atoms with van der Waals surface area (Å²) in [5.41, 5.74) is 3.13. The third kappa shape index (κ3) is 6.14. The highest BCUT2D eigenvalue weighted by molar-refractivity contribution is 5.34. The monoisotopic (exact) mass is 281 g/mol. The number of aryl methyl sites for hydroxylation is 1. The number of nitriles is 1. The molecule has 0 aliphatic carbocycles. The van der Waals surface area contributed by atoms with Gasteiger partial charge < -0.3 is 4.74 Å². The summed E-state index contributed by atoms with van der Waals surface area (Å²) in [5, 5.41) is 8.70. The molecule has 2 heteroatoms. The average Bonchev–Trinajstić information content (AvgIpc) is 2.54. The number of hydrogen-bond donors (Lipinski definition) is 0. The van der Waals surface area contributed by atoms with E-state index in [2.05, 4.69) is 51.1 Å². The van der Waals surface area contributed by atoms with Crippen molar-refractivity contribution in [3.05, 3.63) is 65.2 Å². The SMILES string of the molecule is CCC.CCc1cccc(COc2ccc(C#N)cc2)c1. The van der Waals surface area contributed by atoms with Gasteiger partial charge in [-0.05, 0) is 41.8 Å². The summed E-state index contributed by atoms with van der Waals surface area (Å²) >= 11 is 0. The van der Waals surface area contributed by atoms with E-state index in [1.807, 2.05) is 12.1 Å². The van der Waals surface area contributed by atoms with Crippen LogP contribution >= 0.6 is 0 Å². The second kappa shape index (κ2) is 9.61. The first-order chi connectivity index (χ1) is 10.2. The van der Waals surface area contributed by atoms with Crippen LogP contribution in [0.25, 0.3) is 0 Å². The van der Waals surface area contributed by atoms with Crippen molar-refractivity contribution in [2.45, 2.75) is 40.2 Å². The molecule has 21 heavy (non-hydrogen) atoms. The van der Waals surface area contributed by atoms with Gasteiger partial charge in [-0.2, -0.15) is 5.26 Å². The van der Waals surface area contributed by atoms with Crippen LogP contribution in [0.4, 0.5) is 0 Å². The van der Waals surface area contributed by atoms with Crippen molar-refractivity contribution in [2.24, 2.45) is 0 Å². The zero-order valence-corrected chi connectivity index (χ0v) is 13.1. The van der Waals surface area contributed by atoms with Crippen LogP contribution in [0.15, 0.2) is 48.5 Å². The van der Waals surface area contributed by atoms with Crippen molar-refractivity contribution < 1.29 is 4.74 Å². The minimum absolute atomic E-state index is 0.555. The van der Waals surface area contributed by atoms with Crippen molar-refractivity contribution in [1.82, 2.24) is 0 Å². The van der Waals surface area contributed by atoms with Crippen molar-refractivity contribution in [1.29, 1.82) is 5.26 Å². The van der Waals surface area contributed by atoms with Crippen LogP contribution < -0.4 is 4.74 Å². The van der Waals surface area contributed by atoms with Crippen LogP contribution in [0.1, 0.15) is 43.9 Å². The first-order valence-electron chi connectivity index (χ1n) is 7.44. The third-order valence-electron chi connectivity index (χ3n) is 2.79. The molecule has 0 atom stereocenters. The van der Waals surface area contributed by atoms with Crippen LogP contribution in [-0.2, 0) is 13.0 Å². The highest BCUT2D eigenvalue weighted by Crippen LogP contribution is 2.14. The maximum absolute atomic E-state index is 8.70. The van der Waals surface area contributed by atoms with Crippen LogP contribution in [0, 0.1) is 11.3 Å². The molecule has 0 unspecified atom stereocenters. The van der Waals surface area contributed by atoms with Gasteiger partial charge >= 0.3 is 0 Å². The second-order valence-electron chi connectivity index (χ2n) is 4.81. The molecule has 0 amide bonds. The number of rotatable bonds is 4. The molecule has 2 aromatic rings. The van der Waals surface area contributed by atoms with Crippen molar-refractivity contribution >= 4 is 0 Å². The van der Waals surface area contributed by atoms with Crippen LogP contribution in [0.5, 0.6) is 5.75 Å². The largest absolute Gasteiger partial charge is 0.489 e. The molecule has 2 rings (SSSR count). The lowest BCUT2D eigenvalue weighted by Crippen LogP contribution is -1.96. The summed E-state index contributed by atoms with van der Waals surface area (Å²) in [5.74, 6) is 0.788.